The molecule has 3 heterocycles. The minimum atomic E-state index is -0.0758. The molecule has 0 radical (unpaired) electrons. The van der Waals surface area contributed by atoms with E-state index in [1.165, 1.54) is 18.4 Å². The molecule has 25 heavy (non-hydrogen) atoms. The maximum Gasteiger partial charge on any atom is 0.269 e. The molecule has 1 N–H and O–H groups in total. The molecule has 2 aromatic rings. The first-order chi connectivity index (χ1) is 12.2. The van der Waals surface area contributed by atoms with Gasteiger partial charge in [0.15, 0.2) is 0 Å². The summed E-state index contributed by atoms with van der Waals surface area (Å²) in [6.07, 6.45) is 7.19. The lowest BCUT2D eigenvalue weighted by Gasteiger charge is -2.32. The molecule has 0 aromatic carbocycles. The van der Waals surface area contributed by atoms with E-state index in [1.807, 2.05) is 31.5 Å². The fourth-order valence-corrected chi connectivity index (χ4v) is 3.43. The molecule has 0 bridgehead atoms. The second kappa shape index (κ2) is 8.72. The monoisotopic (exact) mass is 338 g/mol. The van der Waals surface area contributed by atoms with E-state index in [1.54, 1.807) is 6.07 Å². The van der Waals surface area contributed by atoms with Gasteiger partial charge in [0.25, 0.3) is 5.91 Å². The Kier molecular flexibility index (Phi) is 6.12. The molecule has 1 saturated heterocycles. The summed E-state index contributed by atoms with van der Waals surface area (Å²) in [5.41, 5.74) is 2.68. The average Bonchev–Trinajstić information content (AvgIpc) is 2.63. The number of likely N-dealkylation sites (tertiary alicyclic amines) is 1. The number of piperidine rings is 1. The zero-order valence-corrected chi connectivity index (χ0v) is 14.8. The van der Waals surface area contributed by atoms with Gasteiger partial charge in [0.1, 0.15) is 5.69 Å². The molecule has 0 unspecified atom stereocenters. The molecule has 1 aliphatic heterocycles. The summed E-state index contributed by atoms with van der Waals surface area (Å²) >= 11 is 0. The Morgan fingerprint density at radius 3 is 2.92 bits per heavy atom. The average molecular weight is 338 g/mol. The van der Waals surface area contributed by atoms with Crippen LogP contribution in [0.15, 0.2) is 42.7 Å². The summed E-state index contributed by atoms with van der Waals surface area (Å²) in [6, 6.07) is 9.70. The molecule has 2 aromatic heterocycles. The van der Waals surface area contributed by atoms with Crippen molar-refractivity contribution in [3.8, 4) is 0 Å². The highest BCUT2D eigenvalue weighted by Gasteiger charge is 2.20. The minimum Gasteiger partial charge on any atom is -0.351 e. The van der Waals surface area contributed by atoms with Crippen LogP contribution in [0.4, 0.5) is 0 Å². The SMILES string of the molecule is Cc1cccc(C(=O)NCC[C@@H]2CCCN(Cc3ccncc3)C2)n1. The van der Waals surface area contributed by atoms with Gasteiger partial charge in [0, 0.05) is 37.7 Å². The number of aryl methyl sites for hydroxylation is 1. The summed E-state index contributed by atoms with van der Waals surface area (Å²) in [7, 11) is 0. The van der Waals surface area contributed by atoms with Crippen molar-refractivity contribution in [2.75, 3.05) is 19.6 Å². The number of carbonyl (C=O) groups excluding carboxylic acids is 1. The van der Waals surface area contributed by atoms with Gasteiger partial charge < -0.3 is 5.32 Å². The van der Waals surface area contributed by atoms with Crippen LogP contribution in [0.1, 0.15) is 41.0 Å². The second-order valence-electron chi connectivity index (χ2n) is 6.81. The van der Waals surface area contributed by atoms with Gasteiger partial charge in [-0.1, -0.05) is 6.07 Å². The zero-order chi connectivity index (χ0) is 17.5. The molecule has 5 nitrogen and oxygen atoms in total. The number of amides is 1. The van der Waals surface area contributed by atoms with Gasteiger partial charge in [-0.2, -0.15) is 0 Å². The van der Waals surface area contributed by atoms with E-state index in [4.69, 9.17) is 0 Å². The Hall–Kier alpha value is -2.27. The predicted molar refractivity (Wildman–Crippen MR) is 98.2 cm³/mol. The van der Waals surface area contributed by atoms with E-state index in [0.29, 0.717) is 18.2 Å². The van der Waals surface area contributed by atoms with Gasteiger partial charge in [-0.05, 0) is 68.5 Å². The van der Waals surface area contributed by atoms with Crippen LogP contribution in [-0.4, -0.2) is 40.4 Å². The Bertz CT molecular complexity index is 689. The predicted octanol–water partition coefficient (Wildman–Crippen LogP) is 2.82. The Balaban J connectivity index is 1.43. The molecule has 0 saturated carbocycles. The first kappa shape index (κ1) is 17.5. The third-order valence-corrected chi connectivity index (χ3v) is 4.72. The van der Waals surface area contributed by atoms with Crippen molar-refractivity contribution in [3.05, 3.63) is 59.7 Å². The van der Waals surface area contributed by atoms with Crippen LogP contribution in [0.3, 0.4) is 0 Å². The first-order valence-electron chi connectivity index (χ1n) is 9.04. The lowest BCUT2D eigenvalue weighted by atomic mass is 9.94. The van der Waals surface area contributed by atoms with Crippen molar-refractivity contribution >= 4 is 5.91 Å². The number of pyridine rings is 2. The van der Waals surface area contributed by atoms with Crippen LogP contribution in [-0.2, 0) is 6.54 Å². The van der Waals surface area contributed by atoms with Gasteiger partial charge in [-0.15, -0.1) is 0 Å². The molecule has 1 aliphatic rings. The van der Waals surface area contributed by atoms with Crippen LogP contribution in [0.2, 0.25) is 0 Å². The normalized spacial score (nSPS) is 18.0. The number of hydrogen-bond acceptors (Lipinski definition) is 4. The molecule has 1 amide bonds. The van der Waals surface area contributed by atoms with Gasteiger partial charge in [-0.3, -0.25) is 14.7 Å². The molecule has 3 rings (SSSR count). The fourth-order valence-electron chi connectivity index (χ4n) is 3.43. The van der Waals surface area contributed by atoms with Crippen LogP contribution in [0.5, 0.6) is 0 Å². The van der Waals surface area contributed by atoms with E-state index >= 15 is 0 Å². The van der Waals surface area contributed by atoms with E-state index in [0.717, 1.165) is 31.7 Å². The van der Waals surface area contributed by atoms with Crippen molar-refractivity contribution in [3.63, 3.8) is 0 Å². The smallest absolute Gasteiger partial charge is 0.269 e. The molecule has 0 spiro atoms. The van der Waals surface area contributed by atoms with E-state index in [9.17, 15) is 4.79 Å². The van der Waals surface area contributed by atoms with Crippen molar-refractivity contribution in [2.24, 2.45) is 5.92 Å². The molecule has 132 valence electrons. The van der Waals surface area contributed by atoms with Gasteiger partial charge in [-0.25, -0.2) is 4.98 Å². The zero-order valence-electron chi connectivity index (χ0n) is 14.8. The van der Waals surface area contributed by atoms with Gasteiger partial charge >= 0.3 is 0 Å². The maximum absolute atomic E-state index is 12.2. The molecule has 5 heteroatoms. The number of nitrogens with zero attached hydrogens (tertiary/aromatic N) is 3. The highest BCUT2D eigenvalue weighted by atomic mass is 16.1. The number of nitrogens with one attached hydrogen (secondary N) is 1. The van der Waals surface area contributed by atoms with Crippen LogP contribution >= 0.6 is 0 Å². The van der Waals surface area contributed by atoms with Crippen molar-refractivity contribution in [1.29, 1.82) is 0 Å². The standard InChI is InChI=1S/C20H26N4O/c1-16-4-2-6-19(23-16)20(25)22-12-9-17-5-3-13-24(14-17)15-18-7-10-21-11-8-18/h2,4,6-8,10-11,17H,3,5,9,12-15H2,1H3,(H,22,25)/t17-/m0/s1. The van der Waals surface area contributed by atoms with E-state index in [-0.39, 0.29) is 5.91 Å². The number of rotatable bonds is 6. The van der Waals surface area contributed by atoms with E-state index < -0.39 is 0 Å². The van der Waals surface area contributed by atoms with Crippen molar-refractivity contribution in [1.82, 2.24) is 20.2 Å². The summed E-state index contributed by atoms with van der Waals surface area (Å²) in [5, 5.41) is 3.01. The molecular formula is C20H26N4O. The van der Waals surface area contributed by atoms with Crippen LogP contribution < -0.4 is 5.32 Å². The lowest BCUT2D eigenvalue weighted by Crippen LogP contribution is -2.36. The number of aromatic nitrogens is 2. The maximum atomic E-state index is 12.2. The van der Waals surface area contributed by atoms with Crippen molar-refractivity contribution < 1.29 is 4.79 Å². The Morgan fingerprint density at radius 1 is 1.28 bits per heavy atom. The number of carbonyl (C=O) groups is 1. The molecule has 0 aliphatic carbocycles. The summed E-state index contributed by atoms with van der Waals surface area (Å²) < 4.78 is 0. The molecule has 1 atom stereocenters. The highest BCUT2D eigenvalue weighted by molar-refractivity contribution is 5.92. The number of hydrogen-bond donors (Lipinski definition) is 1. The third kappa shape index (κ3) is 5.36. The van der Waals surface area contributed by atoms with E-state index in [2.05, 4.69) is 32.3 Å². The fraction of sp³-hybridized carbons (Fsp3) is 0.450. The Labute approximate surface area is 149 Å². The highest BCUT2D eigenvalue weighted by Crippen LogP contribution is 2.20. The minimum absolute atomic E-state index is 0.0758. The third-order valence-electron chi connectivity index (χ3n) is 4.72. The topological polar surface area (TPSA) is 58.1 Å². The van der Waals surface area contributed by atoms with Crippen LogP contribution in [0, 0.1) is 12.8 Å². The van der Waals surface area contributed by atoms with Crippen molar-refractivity contribution in [2.45, 2.75) is 32.7 Å². The summed E-state index contributed by atoms with van der Waals surface area (Å²) in [6.45, 7) is 5.84. The summed E-state index contributed by atoms with van der Waals surface area (Å²) in [4.78, 5) is 23.0. The van der Waals surface area contributed by atoms with Gasteiger partial charge in [0.05, 0.1) is 0 Å². The molecule has 1 fully saturated rings. The molecular weight excluding hydrogens is 312 g/mol. The Morgan fingerprint density at radius 2 is 2.12 bits per heavy atom. The quantitative estimate of drug-likeness (QED) is 0.880. The second-order valence-corrected chi connectivity index (χ2v) is 6.81. The largest absolute Gasteiger partial charge is 0.351 e. The van der Waals surface area contributed by atoms with Crippen LogP contribution in [0.25, 0.3) is 0 Å². The first-order valence-corrected chi connectivity index (χ1v) is 9.04. The summed E-state index contributed by atoms with van der Waals surface area (Å²) in [5.74, 6) is 0.564. The van der Waals surface area contributed by atoms with Gasteiger partial charge in [0.2, 0.25) is 0 Å². The lowest BCUT2D eigenvalue weighted by molar-refractivity contribution is 0.0941.